The maximum absolute atomic E-state index is 12.5. The van der Waals surface area contributed by atoms with Gasteiger partial charge in [-0.05, 0) is 5.56 Å². The van der Waals surface area contributed by atoms with Gasteiger partial charge < -0.3 is 9.80 Å². The van der Waals surface area contributed by atoms with Crippen molar-refractivity contribution in [2.24, 2.45) is 7.05 Å². The van der Waals surface area contributed by atoms with E-state index in [9.17, 15) is 4.79 Å². The minimum absolute atomic E-state index is 0.150. The molecular formula is C18H20N6O. The molecular weight excluding hydrogens is 316 g/mol. The first-order chi connectivity index (χ1) is 12.2. The van der Waals surface area contributed by atoms with E-state index in [-0.39, 0.29) is 5.91 Å². The fraction of sp³-hybridized carbons (Fsp3) is 0.333. The molecule has 3 heterocycles. The monoisotopic (exact) mass is 336 g/mol. The molecule has 7 nitrogen and oxygen atoms in total. The Hall–Kier alpha value is -2.96. The lowest BCUT2D eigenvalue weighted by atomic mass is 10.1. The van der Waals surface area contributed by atoms with E-state index in [0.29, 0.717) is 19.5 Å². The molecule has 1 aliphatic rings. The molecule has 0 atom stereocenters. The average molecular weight is 336 g/mol. The van der Waals surface area contributed by atoms with Crippen molar-refractivity contribution in [3.63, 3.8) is 0 Å². The van der Waals surface area contributed by atoms with E-state index in [1.165, 1.54) is 0 Å². The Labute approximate surface area is 145 Å². The molecule has 25 heavy (non-hydrogen) atoms. The predicted octanol–water partition coefficient (Wildman–Crippen LogP) is 1.25. The predicted molar refractivity (Wildman–Crippen MR) is 95.2 cm³/mol. The first-order valence-electron chi connectivity index (χ1n) is 8.41. The number of fused-ring (bicyclic) bond motifs is 1. The highest BCUT2D eigenvalue weighted by molar-refractivity contribution is 5.91. The quantitative estimate of drug-likeness (QED) is 0.720. The van der Waals surface area contributed by atoms with E-state index < -0.39 is 0 Å². The molecule has 7 heteroatoms. The van der Waals surface area contributed by atoms with Gasteiger partial charge in [0, 0.05) is 50.2 Å². The summed E-state index contributed by atoms with van der Waals surface area (Å²) in [4.78, 5) is 16.6. The Morgan fingerprint density at radius 1 is 1.12 bits per heavy atom. The molecule has 2 aromatic heterocycles. The second kappa shape index (κ2) is 6.51. The Morgan fingerprint density at radius 3 is 2.68 bits per heavy atom. The summed E-state index contributed by atoms with van der Waals surface area (Å²) < 4.78 is 1.72. The van der Waals surface area contributed by atoms with Crippen LogP contribution in [0.3, 0.4) is 0 Å². The van der Waals surface area contributed by atoms with E-state index >= 15 is 0 Å². The first kappa shape index (κ1) is 15.6. The first-order valence-corrected chi connectivity index (χ1v) is 8.41. The van der Waals surface area contributed by atoms with Gasteiger partial charge in [0.25, 0.3) is 0 Å². The van der Waals surface area contributed by atoms with Crippen molar-refractivity contribution in [2.45, 2.75) is 6.42 Å². The van der Waals surface area contributed by atoms with Gasteiger partial charge in [0.05, 0.1) is 18.8 Å². The van der Waals surface area contributed by atoms with Crippen LogP contribution in [0, 0.1) is 0 Å². The number of hydrogen-bond acceptors (Lipinski definition) is 5. The van der Waals surface area contributed by atoms with E-state index in [1.54, 1.807) is 17.1 Å². The summed E-state index contributed by atoms with van der Waals surface area (Å²) in [7, 11) is 1.86. The van der Waals surface area contributed by atoms with Gasteiger partial charge in [-0.15, -0.1) is 5.10 Å². The van der Waals surface area contributed by atoms with Gasteiger partial charge in [-0.3, -0.25) is 9.48 Å². The Kier molecular flexibility index (Phi) is 4.05. The molecule has 0 N–H and O–H groups in total. The van der Waals surface area contributed by atoms with Gasteiger partial charge in [-0.2, -0.15) is 10.2 Å². The number of aryl methyl sites for hydroxylation is 1. The minimum Gasteiger partial charge on any atom is -0.351 e. The number of aromatic nitrogens is 4. The normalized spacial score (nSPS) is 14.9. The summed E-state index contributed by atoms with van der Waals surface area (Å²) in [6.07, 6.45) is 5.83. The lowest BCUT2D eigenvalue weighted by molar-refractivity contribution is -0.130. The number of amides is 1. The van der Waals surface area contributed by atoms with Gasteiger partial charge >= 0.3 is 0 Å². The molecule has 0 aliphatic carbocycles. The van der Waals surface area contributed by atoms with Crippen LogP contribution < -0.4 is 4.90 Å². The van der Waals surface area contributed by atoms with Gasteiger partial charge in [0.15, 0.2) is 5.82 Å². The maximum Gasteiger partial charge on any atom is 0.227 e. The molecule has 0 saturated carbocycles. The summed E-state index contributed by atoms with van der Waals surface area (Å²) in [5, 5.41) is 14.8. The SMILES string of the molecule is Cn1cc(CC(=O)N2CCN(c3nncc4ccccc34)CC2)cn1. The van der Waals surface area contributed by atoms with Crippen LogP contribution >= 0.6 is 0 Å². The largest absolute Gasteiger partial charge is 0.351 e. The molecule has 1 fully saturated rings. The molecule has 0 spiro atoms. The molecule has 0 unspecified atom stereocenters. The number of carbonyl (C=O) groups is 1. The third-order valence-electron chi connectivity index (χ3n) is 4.60. The van der Waals surface area contributed by atoms with Gasteiger partial charge in [0.1, 0.15) is 0 Å². The van der Waals surface area contributed by atoms with Gasteiger partial charge in [-0.25, -0.2) is 0 Å². The van der Waals surface area contributed by atoms with Crippen LogP contribution in [0.25, 0.3) is 10.8 Å². The fourth-order valence-electron chi connectivity index (χ4n) is 3.26. The zero-order chi connectivity index (χ0) is 17.2. The van der Waals surface area contributed by atoms with Crippen molar-refractivity contribution in [2.75, 3.05) is 31.1 Å². The van der Waals surface area contributed by atoms with Crippen molar-refractivity contribution in [3.05, 3.63) is 48.4 Å². The van der Waals surface area contributed by atoms with Crippen LogP contribution in [0.1, 0.15) is 5.56 Å². The van der Waals surface area contributed by atoms with E-state index in [0.717, 1.165) is 35.2 Å². The van der Waals surface area contributed by atoms with E-state index in [1.807, 2.05) is 36.3 Å². The third kappa shape index (κ3) is 3.17. The summed E-state index contributed by atoms with van der Waals surface area (Å²) in [5.41, 5.74) is 0.954. The molecule has 3 aromatic rings. The maximum atomic E-state index is 12.5. The molecule has 0 bridgehead atoms. The molecule has 0 radical (unpaired) electrons. The number of rotatable bonds is 3. The Bertz CT molecular complexity index is 892. The lowest BCUT2D eigenvalue weighted by Gasteiger charge is -2.35. The lowest BCUT2D eigenvalue weighted by Crippen LogP contribution is -2.49. The number of benzene rings is 1. The second-order valence-corrected chi connectivity index (χ2v) is 6.32. The van der Waals surface area contributed by atoms with Crippen molar-refractivity contribution in [3.8, 4) is 0 Å². The number of hydrogen-bond donors (Lipinski definition) is 0. The van der Waals surface area contributed by atoms with Crippen LogP contribution in [0.15, 0.2) is 42.9 Å². The summed E-state index contributed by atoms with van der Waals surface area (Å²) in [5.74, 6) is 1.05. The smallest absolute Gasteiger partial charge is 0.227 e. The van der Waals surface area contributed by atoms with Crippen molar-refractivity contribution in [1.82, 2.24) is 24.9 Å². The molecule has 1 aromatic carbocycles. The zero-order valence-electron chi connectivity index (χ0n) is 14.2. The number of nitrogens with zero attached hydrogens (tertiary/aromatic N) is 6. The standard InChI is InChI=1S/C18H20N6O/c1-22-13-14(11-20-22)10-17(25)23-6-8-24(9-7-23)18-16-5-3-2-4-15(16)12-19-21-18/h2-5,11-13H,6-10H2,1H3. The van der Waals surface area contributed by atoms with Crippen LogP contribution in [0.2, 0.25) is 0 Å². The molecule has 1 aliphatic heterocycles. The molecule has 1 saturated heterocycles. The van der Waals surface area contributed by atoms with Gasteiger partial charge in [0.2, 0.25) is 5.91 Å². The van der Waals surface area contributed by atoms with Crippen molar-refractivity contribution in [1.29, 1.82) is 0 Å². The highest BCUT2D eigenvalue weighted by Gasteiger charge is 2.23. The molecule has 1 amide bonds. The van der Waals surface area contributed by atoms with Crippen molar-refractivity contribution < 1.29 is 4.79 Å². The van der Waals surface area contributed by atoms with Crippen LogP contribution in [-0.4, -0.2) is 57.0 Å². The molecule has 128 valence electrons. The summed E-state index contributed by atoms with van der Waals surface area (Å²) in [6, 6.07) is 8.13. The highest BCUT2D eigenvalue weighted by Crippen LogP contribution is 2.24. The van der Waals surface area contributed by atoms with Crippen LogP contribution in [-0.2, 0) is 18.3 Å². The number of carbonyl (C=O) groups excluding carboxylic acids is 1. The zero-order valence-corrected chi connectivity index (χ0v) is 14.2. The second-order valence-electron chi connectivity index (χ2n) is 6.32. The number of anilines is 1. The van der Waals surface area contributed by atoms with Gasteiger partial charge in [-0.1, -0.05) is 24.3 Å². The minimum atomic E-state index is 0.150. The average Bonchev–Trinajstić information content (AvgIpc) is 3.06. The highest BCUT2D eigenvalue weighted by atomic mass is 16.2. The summed E-state index contributed by atoms with van der Waals surface area (Å²) >= 11 is 0. The Morgan fingerprint density at radius 2 is 1.92 bits per heavy atom. The topological polar surface area (TPSA) is 67.2 Å². The van der Waals surface area contributed by atoms with E-state index in [4.69, 9.17) is 0 Å². The van der Waals surface area contributed by atoms with Crippen molar-refractivity contribution >= 4 is 22.5 Å². The van der Waals surface area contributed by atoms with Crippen LogP contribution in [0.4, 0.5) is 5.82 Å². The molecule has 4 rings (SSSR count). The fourth-order valence-corrected chi connectivity index (χ4v) is 3.26. The van der Waals surface area contributed by atoms with E-state index in [2.05, 4.69) is 26.3 Å². The number of piperazine rings is 1. The summed E-state index contributed by atoms with van der Waals surface area (Å²) in [6.45, 7) is 2.93. The third-order valence-corrected chi connectivity index (χ3v) is 4.60. The Balaban J connectivity index is 1.43. The van der Waals surface area contributed by atoms with Crippen LogP contribution in [0.5, 0.6) is 0 Å².